The highest BCUT2D eigenvalue weighted by atomic mass is 16.6. The minimum atomic E-state index is -0.988. The first kappa shape index (κ1) is 17.1. The molecule has 2 rings (SSSR count). The van der Waals surface area contributed by atoms with Crippen molar-refractivity contribution in [3.63, 3.8) is 0 Å². The van der Waals surface area contributed by atoms with Gasteiger partial charge < -0.3 is 9.64 Å². The molecular weight excluding hydrogens is 312 g/mol. The van der Waals surface area contributed by atoms with Gasteiger partial charge in [-0.25, -0.2) is 4.79 Å². The molecule has 0 bridgehead atoms. The Bertz CT molecular complexity index is 743. The smallest absolute Gasteiger partial charge is 0.338 e. The van der Waals surface area contributed by atoms with Crippen LogP contribution in [0.2, 0.25) is 0 Å². The Hall–Kier alpha value is -3.22. The van der Waals surface area contributed by atoms with Crippen molar-refractivity contribution in [2.24, 2.45) is 0 Å². The number of nitro benzene ring substituents is 1. The summed E-state index contributed by atoms with van der Waals surface area (Å²) in [5.74, 6) is -1.09. The predicted octanol–water partition coefficient (Wildman–Crippen LogP) is 2.80. The number of carbonyl (C=O) groups excluding carboxylic acids is 2. The second-order valence-electron chi connectivity index (χ2n) is 5.08. The Morgan fingerprint density at radius 3 is 2.21 bits per heavy atom. The van der Waals surface area contributed by atoms with E-state index in [0.29, 0.717) is 5.69 Å². The molecule has 1 unspecified atom stereocenters. The summed E-state index contributed by atoms with van der Waals surface area (Å²) in [6.07, 6.45) is -0.988. The normalized spacial score (nSPS) is 11.4. The first-order valence-corrected chi connectivity index (χ1v) is 7.18. The second-order valence-corrected chi connectivity index (χ2v) is 5.08. The van der Waals surface area contributed by atoms with Crippen molar-refractivity contribution < 1.29 is 19.2 Å². The van der Waals surface area contributed by atoms with Crippen LogP contribution in [0.3, 0.4) is 0 Å². The van der Waals surface area contributed by atoms with E-state index in [9.17, 15) is 19.7 Å². The van der Waals surface area contributed by atoms with Crippen LogP contribution >= 0.6 is 0 Å². The Kier molecular flexibility index (Phi) is 5.26. The van der Waals surface area contributed by atoms with Gasteiger partial charge in [0.15, 0.2) is 6.10 Å². The van der Waals surface area contributed by atoms with E-state index in [1.54, 1.807) is 31.3 Å². The molecule has 2 aromatic carbocycles. The summed E-state index contributed by atoms with van der Waals surface area (Å²) >= 11 is 0. The summed E-state index contributed by atoms with van der Waals surface area (Å²) in [7, 11) is 1.59. The molecule has 0 N–H and O–H groups in total. The van der Waals surface area contributed by atoms with E-state index in [-0.39, 0.29) is 17.2 Å². The van der Waals surface area contributed by atoms with Gasteiger partial charge in [-0.15, -0.1) is 0 Å². The predicted molar refractivity (Wildman–Crippen MR) is 87.8 cm³/mol. The van der Waals surface area contributed by atoms with Crippen LogP contribution in [0.5, 0.6) is 0 Å². The van der Waals surface area contributed by atoms with Gasteiger partial charge in [0.25, 0.3) is 11.6 Å². The van der Waals surface area contributed by atoms with Crippen LogP contribution in [0.4, 0.5) is 11.4 Å². The number of likely N-dealkylation sites (N-methyl/N-ethyl adjacent to an activating group) is 1. The highest BCUT2D eigenvalue weighted by Gasteiger charge is 2.23. The number of ether oxygens (including phenoxy) is 1. The number of hydrogen-bond acceptors (Lipinski definition) is 5. The van der Waals surface area contributed by atoms with E-state index in [0.717, 1.165) is 0 Å². The Morgan fingerprint density at radius 2 is 1.67 bits per heavy atom. The first-order chi connectivity index (χ1) is 11.4. The number of rotatable bonds is 5. The average molecular weight is 328 g/mol. The lowest BCUT2D eigenvalue weighted by molar-refractivity contribution is -0.384. The summed E-state index contributed by atoms with van der Waals surface area (Å²) in [5, 5.41) is 10.6. The molecule has 0 saturated carbocycles. The molecule has 0 fully saturated rings. The zero-order chi connectivity index (χ0) is 17.7. The lowest BCUT2D eigenvalue weighted by Crippen LogP contribution is -2.37. The molecule has 124 valence electrons. The van der Waals surface area contributed by atoms with Crippen molar-refractivity contribution >= 4 is 23.3 Å². The lowest BCUT2D eigenvalue weighted by Gasteiger charge is -2.21. The topological polar surface area (TPSA) is 89.7 Å². The summed E-state index contributed by atoms with van der Waals surface area (Å²) < 4.78 is 5.14. The van der Waals surface area contributed by atoms with Crippen LogP contribution in [-0.4, -0.2) is 30.0 Å². The SMILES string of the molecule is CC(OC(=O)c1ccc([N+](=O)[O-])cc1)C(=O)N(C)c1ccccc1. The van der Waals surface area contributed by atoms with E-state index in [1.807, 2.05) is 6.07 Å². The van der Waals surface area contributed by atoms with E-state index >= 15 is 0 Å². The number of nitrogens with zero attached hydrogens (tertiary/aromatic N) is 2. The third-order valence-electron chi connectivity index (χ3n) is 3.42. The number of amides is 1. The molecule has 0 saturated heterocycles. The Morgan fingerprint density at radius 1 is 1.08 bits per heavy atom. The van der Waals surface area contributed by atoms with Gasteiger partial charge in [-0.05, 0) is 31.2 Å². The van der Waals surface area contributed by atoms with Crippen molar-refractivity contribution in [1.82, 2.24) is 0 Å². The molecule has 0 spiro atoms. The van der Waals surface area contributed by atoms with Crippen LogP contribution in [-0.2, 0) is 9.53 Å². The van der Waals surface area contributed by atoms with Crippen LogP contribution in [0.15, 0.2) is 54.6 Å². The standard InChI is InChI=1S/C17H16N2O5/c1-12(16(20)18(2)14-6-4-3-5-7-14)24-17(21)13-8-10-15(11-9-13)19(22)23/h3-12H,1-2H3. The maximum Gasteiger partial charge on any atom is 0.338 e. The molecule has 0 heterocycles. The molecular formula is C17H16N2O5. The van der Waals surface area contributed by atoms with Gasteiger partial charge in [-0.1, -0.05) is 18.2 Å². The van der Waals surface area contributed by atoms with Crippen LogP contribution in [0.25, 0.3) is 0 Å². The zero-order valence-corrected chi connectivity index (χ0v) is 13.2. The number of nitro groups is 1. The van der Waals surface area contributed by atoms with Gasteiger partial charge in [-0.2, -0.15) is 0 Å². The fraction of sp³-hybridized carbons (Fsp3) is 0.176. The van der Waals surface area contributed by atoms with Crippen molar-refractivity contribution in [2.45, 2.75) is 13.0 Å². The van der Waals surface area contributed by atoms with Gasteiger partial charge in [0.1, 0.15) is 0 Å². The maximum atomic E-state index is 12.3. The number of non-ortho nitro benzene ring substituents is 1. The van der Waals surface area contributed by atoms with Crippen molar-refractivity contribution in [3.05, 3.63) is 70.3 Å². The molecule has 0 aromatic heterocycles. The lowest BCUT2D eigenvalue weighted by atomic mass is 10.2. The van der Waals surface area contributed by atoms with E-state index in [4.69, 9.17) is 4.74 Å². The van der Waals surface area contributed by atoms with Crippen LogP contribution in [0.1, 0.15) is 17.3 Å². The summed E-state index contributed by atoms with van der Waals surface area (Å²) in [5.41, 5.74) is 0.697. The molecule has 24 heavy (non-hydrogen) atoms. The van der Waals surface area contributed by atoms with E-state index in [1.165, 1.54) is 36.1 Å². The molecule has 0 aliphatic rings. The largest absolute Gasteiger partial charge is 0.449 e. The monoisotopic (exact) mass is 328 g/mol. The second kappa shape index (κ2) is 7.36. The number of esters is 1. The molecule has 1 amide bonds. The highest BCUT2D eigenvalue weighted by molar-refractivity contribution is 5.98. The molecule has 0 aliphatic carbocycles. The molecule has 0 radical (unpaired) electrons. The van der Waals surface area contributed by atoms with Gasteiger partial charge in [0.2, 0.25) is 0 Å². The number of carbonyl (C=O) groups is 2. The number of benzene rings is 2. The van der Waals surface area contributed by atoms with Gasteiger partial charge in [0, 0.05) is 24.9 Å². The minimum absolute atomic E-state index is 0.125. The number of hydrogen-bond donors (Lipinski definition) is 0. The van der Waals surface area contributed by atoms with E-state index < -0.39 is 17.0 Å². The van der Waals surface area contributed by atoms with Crippen LogP contribution in [0, 0.1) is 10.1 Å². The highest BCUT2D eigenvalue weighted by Crippen LogP contribution is 2.16. The molecule has 1 atom stereocenters. The zero-order valence-electron chi connectivity index (χ0n) is 13.2. The number of anilines is 1. The van der Waals surface area contributed by atoms with Crippen molar-refractivity contribution in [1.29, 1.82) is 0 Å². The molecule has 0 aliphatic heterocycles. The minimum Gasteiger partial charge on any atom is -0.449 e. The molecule has 7 heteroatoms. The summed E-state index contributed by atoms with van der Waals surface area (Å²) in [6.45, 7) is 1.48. The third kappa shape index (κ3) is 3.95. The molecule has 7 nitrogen and oxygen atoms in total. The van der Waals surface area contributed by atoms with Gasteiger partial charge in [0.05, 0.1) is 10.5 Å². The number of para-hydroxylation sites is 1. The fourth-order valence-electron chi connectivity index (χ4n) is 2.05. The van der Waals surface area contributed by atoms with Crippen molar-refractivity contribution in [2.75, 3.05) is 11.9 Å². The van der Waals surface area contributed by atoms with Crippen molar-refractivity contribution in [3.8, 4) is 0 Å². The van der Waals surface area contributed by atoms with Gasteiger partial charge in [-0.3, -0.25) is 14.9 Å². The Labute approximate surface area is 138 Å². The third-order valence-corrected chi connectivity index (χ3v) is 3.42. The summed E-state index contributed by atoms with van der Waals surface area (Å²) in [4.78, 5) is 35.8. The van der Waals surface area contributed by atoms with Gasteiger partial charge >= 0.3 is 5.97 Å². The fourth-order valence-corrected chi connectivity index (χ4v) is 2.05. The first-order valence-electron chi connectivity index (χ1n) is 7.18. The van der Waals surface area contributed by atoms with E-state index in [2.05, 4.69) is 0 Å². The average Bonchev–Trinajstić information content (AvgIpc) is 2.61. The quantitative estimate of drug-likeness (QED) is 0.478. The summed E-state index contributed by atoms with van der Waals surface area (Å²) in [6, 6.07) is 14.0. The van der Waals surface area contributed by atoms with Crippen LogP contribution < -0.4 is 4.90 Å². The molecule has 2 aromatic rings. The Balaban J connectivity index is 2.02. The maximum absolute atomic E-state index is 12.3.